The first-order valence-electron chi connectivity index (χ1n) is 11.5. The lowest BCUT2D eigenvalue weighted by Gasteiger charge is -2.26. The van der Waals surface area contributed by atoms with Gasteiger partial charge in [0.2, 0.25) is 0 Å². The first-order valence-corrected chi connectivity index (χ1v) is 11.5. The number of hydrogen-bond acceptors (Lipinski definition) is 5. The van der Waals surface area contributed by atoms with E-state index in [2.05, 4.69) is 45.4 Å². The standard InChI is InChI=1S/C26H30N4O2/c1-2-11-30-15-20-13-26(20,16-30)19-5-3-17(4-6-19)18-12-23(24(27)28-14-18)25(32)29-21-7-9-22(31)10-8-21/h1,3-6,12,14,20-22,31H,7-11,13,15-16H2,(H2,27,28)(H,29,32). The van der Waals surface area contributed by atoms with Gasteiger partial charge in [-0.05, 0) is 55.2 Å². The Bertz CT molecular complexity index is 1050. The van der Waals surface area contributed by atoms with Crippen LogP contribution in [0.1, 0.15) is 48.0 Å². The van der Waals surface area contributed by atoms with E-state index in [1.807, 2.05) is 6.07 Å². The molecule has 1 amide bonds. The third-order valence-electron chi connectivity index (χ3n) is 7.52. The zero-order chi connectivity index (χ0) is 22.3. The maximum Gasteiger partial charge on any atom is 0.255 e. The topological polar surface area (TPSA) is 91.5 Å². The van der Waals surface area contributed by atoms with Gasteiger partial charge < -0.3 is 16.2 Å². The van der Waals surface area contributed by atoms with Gasteiger partial charge in [0.1, 0.15) is 5.82 Å². The number of terminal acetylenes is 1. The number of piperidine rings is 1. The summed E-state index contributed by atoms with van der Waals surface area (Å²) in [4.78, 5) is 19.5. The number of hydrogen-bond donors (Lipinski definition) is 3. The molecule has 166 valence electrons. The number of aromatic nitrogens is 1. The largest absolute Gasteiger partial charge is 0.393 e. The van der Waals surface area contributed by atoms with Crippen molar-refractivity contribution in [3.05, 3.63) is 47.7 Å². The van der Waals surface area contributed by atoms with Crippen molar-refractivity contribution in [1.82, 2.24) is 15.2 Å². The molecule has 1 aromatic carbocycles. The Balaban J connectivity index is 1.30. The summed E-state index contributed by atoms with van der Waals surface area (Å²) in [6.45, 7) is 2.85. The molecule has 1 aliphatic heterocycles. The summed E-state index contributed by atoms with van der Waals surface area (Å²) < 4.78 is 0. The summed E-state index contributed by atoms with van der Waals surface area (Å²) in [6.07, 6.45) is 11.2. The van der Waals surface area contributed by atoms with Gasteiger partial charge >= 0.3 is 0 Å². The molecule has 0 bridgehead atoms. The zero-order valence-corrected chi connectivity index (χ0v) is 18.3. The van der Waals surface area contributed by atoms with Crippen LogP contribution >= 0.6 is 0 Å². The number of fused-ring (bicyclic) bond motifs is 1. The quantitative estimate of drug-likeness (QED) is 0.634. The Morgan fingerprint density at radius 3 is 2.72 bits per heavy atom. The van der Waals surface area contributed by atoms with E-state index in [9.17, 15) is 9.90 Å². The average Bonchev–Trinajstić information content (AvgIpc) is 3.37. The van der Waals surface area contributed by atoms with Crippen LogP contribution in [0.5, 0.6) is 0 Å². The Hall–Kier alpha value is -2.88. The molecule has 3 aliphatic rings. The van der Waals surface area contributed by atoms with Gasteiger partial charge in [0.15, 0.2) is 0 Å². The van der Waals surface area contributed by atoms with Gasteiger partial charge in [-0.2, -0.15) is 0 Å². The molecule has 6 nitrogen and oxygen atoms in total. The van der Waals surface area contributed by atoms with E-state index in [-0.39, 0.29) is 29.3 Å². The minimum absolute atomic E-state index is 0.0689. The van der Waals surface area contributed by atoms with E-state index in [1.54, 1.807) is 6.20 Å². The summed E-state index contributed by atoms with van der Waals surface area (Å²) in [7, 11) is 0. The van der Waals surface area contributed by atoms with E-state index >= 15 is 0 Å². The third-order valence-corrected chi connectivity index (χ3v) is 7.52. The van der Waals surface area contributed by atoms with Crippen molar-refractivity contribution in [3.8, 4) is 23.5 Å². The third kappa shape index (κ3) is 3.87. The number of pyridine rings is 1. The van der Waals surface area contributed by atoms with Gasteiger partial charge in [-0.25, -0.2) is 4.98 Å². The molecule has 0 spiro atoms. The number of nitrogens with one attached hydrogen (secondary N) is 1. The van der Waals surface area contributed by atoms with Crippen molar-refractivity contribution in [3.63, 3.8) is 0 Å². The van der Waals surface area contributed by atoms with Crippen LogP contribution < -0.4 is 11.1 Å². The molecule has 4 N–H and O–H groups in total. The minimum atomic E-state index is -0.253. The lowest BCUT2D eigenvalue weighted by atomic mass is 9.92. The second-order valence-electron chi connectivity index (χ2n) is 9.64. The van der Waals surface area contributed by atoms with Gasteiger partial charge in [0.05, 0.1) is 18.2 Å². The smallest absolute Gasteiger partial charge is 0.255 e. The molecule has 5 rings (SSSR count). The van der Waals surface area contributed by atoms with Crippen LogP contribution in [0.3, 0.4) is 0 Å². The highest BCUT2D eigenvalue weighted by Crippen LogP contribution is 2.59. The van der Waals surface area contributed by atoms with E-state index < -0.39 is 0 Å². The molecule has 3 fully saturated rings. The number of benzene rings is 1. The summed E-state index contributed by atoms with van der Waals surface area (Å²) in [5.74, 6) is 3.50. The SMILES string of the molecule is C#CCN1CC2CC2(c2ccc(-c3cnc(N)c(C(=O)NC4CCC(O)CC4)c3)cc2)C1. The first-order chi connectivity index (χ1) is 15.5. The number of carbonyl (C=O) groups excluding carboxylic acids is 1. The predicted octanol–water partition coefficient (Wildman–Crippen LogP) is 2.57. The van der Waals surface area contributed by atoms with E-state index in [4.69, 9.17) is 12.2 Å². The van der Waals surface area contributed by atoms with Gasteiger partial charge in [0.25, 0.3) is 5.91 Å². The van der Waals surface area contributed by atoms with Crippen molar-refractivity contribution in [1.29, 1.82) is 0 Å². The fourth-order valence-electron chi connectivity index (χ4n) is 5.58. The Morgan fingerprint density at radius 1 is 1.25 bits per heavy atom. The lowest BCUT2D eigenvalue weighted by molar-refractivity contribution is 0.0868. The number of rotatable bonds is 5. The monoisotopic (exact) mass is 430 g/mol. The first kappa shape index (κ1) is 21.0. The molecule has 1 saturated heterocycles. The number of nitrogens with two attached hydrogens (primary N) is 1. The molecule has 6 heteroatoms. The highest BCUT2D eigenvalue weighted by molar-refractivity contribution is 5.99. The van der Waals surface area contributed by atoms with Gasteiger partial charge in [-0.1, -0.05) is 30.2 Å². The number of amides is 1. The van der Waals surface area contributed by atoms with Crippen LogP contribution in [0.25, 0.3) is 11.1 Å². The van der Waals surface area contributed by atoms with Gasteiger partial charge in [-0.3, -0.25) is 9.69 Å². The normalized spacial score (nSPS) is 29.2. The molecule has 32 heavy (non-hydrogen) atoms. The number of nitrogens with zero attached hydrogens (tertiary/aromatic N) is 2. The van der Waals surface area contributed by atoms with Gasteiger partial charge in [-0.15, -0.1) is 6.42 Å². The van der Waals surface area contributed by atoms with Crippen molar-refractivity contribution >= 4 is 11.7 Å². The Kier molecular flexibility index (Phi) is 5.40. The number of anilines is 1. The number of likely N-dealkylation sites (tertiary alicyclic amines) is 1. The van der Waals surface area contributed by atoms with E-state index in [1.165, 1.54) is 12.0 Å². The van der Waals surface area contributed by atoms with Crippen LogP contribution in [0.2, 0.25) is 0 Å². The maximum atomic E-state index is 12.8. The summed E-state index contributed by atoms with van der Waals surface area (Å²) in [5, 5.41) is 12.7. The summed E-state index contributed by atoms with van der Waals surface area (Å²) >= 11 is 0. The highest BCUT2D eigenvalue weighted by atomic mass is 16.3. The number of aliphatic hydroxyl groups excluding tert-OH is 1. The molecule has 2 heterocycles. The van der Waals surface area contributed by atoms with Crippen LogP contribution in [0.4, 0.5) is 5.82 Å². The fraction of sp³-hybridized carbons (Fsp3) is 0.462. The highest BCUT2D eigenvalue weighted by Gasteiger charge is 2.60. The molecule has 2 saturated carbocycles. The van der Waals surface area contributed by atoms with Crippen molar-refractivity contribution < 1.29 is 9.90 Å². The van der Waals surface area contributed by atoms with Crippen molar-refractivity contribution in [2.24, 2.45) is 5.92 Å². The Morgan fingerprint density at radius 2 is 2.00 bits per heavy atom. The minimum Gasteiger partial charge on any atom is -0.393 e. The maximum absolute atomic E-state index is 12.8. The molecular formula is C26H30N4O2. The molecule has 0 radical (unpaired) electrons. The second kappa shape index (κ2) is 8.23. The number of carbonyl (C=O) groups is 1. The average molecular weight is 431 g/mol. The molecule has 2 atom stereocenters. The second-order valence-corrected chi connectivity index (χ2v) is 9.64. The summed E-state index contributed by atoms with van der Waals surface area (Å²) in [6, 6.07) is 10.5. The molecule has 2 unspecified atom stereocenters. The van der Waals surface area contributed by atoms with Crippen LogP contribution in [0.15, 0.2) is 36.5 Å². The molecule has 2 aliphatic carbocycles. The lowest BCUT2D eigenvalue weighted by Crippen LogP contribution is -2.38. The van der Waals surface area contributed by atoms with Gasteiger partial charge in [0, 0.05) is 36.3 Å². The fourth-order valence-corrected chi connectivity index (χ4v) is 5.58. The molecule has 2 aromatic rings. The zero-order valence-electron chi connectivity index (χ0n) is 18.3. The Labute approximate surface area is 189 Å². The van der Waals surface area contributed by atoms with E-state index in [0.717, 1.165) is 43.6 Å². The van der Waals surface area contributed by atoms with Crippen LogP contribution in [-0.4, -0.2) is 52.7 Å². The van der Waals surface area contributed by atoms with Crippen LogP contribution in [-0.2, 0) is 5.41 Å². The van der Waals surface area contributed by atoms with Crippen molar-refractivity contribution in [2.45, 2.75) is 49.7 Å². The van der Waals surface area contributed by atoms with E-state index in [0.29, 0.717) is 24.3 Å². The predicted molar refractivity (Wildman–Crippen MR) is 125 cm³/mol. The number of aliphatic hydroxyl groups is 1. The summed E-state index contributed by atoms with van der Waals surface area (Å²) in [5.41, 5.74) is 9.95. The molecular weight excluding hydrogens is 400 g/mol. The van der Waals surface area contributed by atoms with Crippen molar-refractivity contribution in [2.75, 3.05) is 25.4 Å². The van der Waals surface area contributed by atoms with Crippen LogP contribution in [0, 0.1) is 18.3 Å². The molecule has 1 aromatic heterocycles. The number of nitrogen functional groups attached to an aromatic ring is 1.